The first kappa shape index (κ1) is 22.9. The smallest absolute Gasteiger partial charge is 0.343 e. The van der Waals surface area contributed by atoms with Crippen molar-refractivity contribution in [2.75, 3.05) is 7.04 Å². The molecule has 0 heterocycles. The van der Waals surface area contributed by atoms with Crippen LogP contribution in [0.3, 0.4) is 0 Å². The summed E-state index contributed by atoms with van der Waals surface area (Å²) in [5.41, 5.74) is -1.24. The summed E-state index contributed by atoms with van der Waals surface area (Å²) in [5.74, 6) is -0.665. The highest BCUT2D eigenvalue weighted by atomic mass is 16.6. The summed E-state index contributed by atoms with van der Waals surface area (Å²) in [4.78, 5) is 13.3. The van der Waals surface area contributed by atoms with E-state index in [4.69, 9.17) is 13.6 Å². The van der Waals surface area contributed by atoms with E-state index < -0.39 is 18.6 Å². The number of benzene rings is 2. The first-order valence-corrected chi connectivity index (χ1v) is 13.1. The molecule has 2 atom stereocenters. The minimum absolute atomic E-state index is 0.310. The monoisotopic (exact) mass is 457 g/mol. The molecule has 2 aromatic rings. The van der Waals surface area contributed by atoms with Gasteiger partial charge in [0, 0.05) is 12.6 Å². The lowest BCUT2D eigenvalue weighted by atomic mass is 9.90. The SMILES string of the molecule is [2H]C([2H])([2H])O[C@@](C)(C(=O)O[C@H](C)CCCCCCCCCCCCCC)c1cccc2ccccc12. The molecule has 0 unspecified atom stereocenters. The van der Waals surface area contributed by atoms with Crippen molar-refractivity contribution >= 4 is 16.7 Å². The molecule has 0 radical (unpaired) electrons. The van der Waals surface area contributed by atoms with E-state index in [1.165, 1.54) is 71.1 Å². The zero-order valence-electron chi connectivity index (χ0n) is 24.0. The van der Waals surface area contributed by atoms with Crippen LogP contribution >= 0.6 is 0 Å². The standard InChI is InChI=1S/C30H46O3/c1-5-6-7-8-9-10-11-12-13-14-15-16-20-25(2)33-29(31)30(3,32-4)28-24-19-22-26-21-17-18-23-27(26)28/h17-19,21-25H,5-16,20H2,1-4H3/t25-,30-/m1/s1/i4D3. The van der Waals surface area contributed by atoms with Crippen molar-refractivity contribution < 1.29 is 18.4 Å². The molecule has 3 heteroatoms. The van der Waals surface area contributed by atoms with Crippen molar-refractivity contribution in [1.29, 1.82) is 0 Å². The van der Waals surface area contributed by atoms with Crippen molar-refractivity contribution in [1.82, 2.24) is 0 Å². The highest BCUT2D eigenvalue weighted by Gasteiger charge is 2.39. The molecule has 0 spiro atoms. The number of unbranched alkanes of at least 4 members (excludes halogenated alkanes) is 11. The fraction of sp³-hybridized carbons (Fsp3) is 0.633. The lowest BCUT2D eigenvalue weighted by Gasteiger charge is -2.29. The lowest BCUT2D eigenvalue weighted by Crippen LogP contribution is -2.38. The maximum atomic E-state index is 13.3. The highest BCUT2D eigenvalue weighted by molar-refractivity contribution is 5.92. The van der Waals surface area contributed by atoms with E-state index in [0.29, 0.717) is 5.56 Å². The Morgan fingerprint density at radius 1 is 0.879 bits per heavy atom. The second kappa shape index (κ2) is 15.1. The Morgan fingerprint density at radius 3 is 2.09 bits per heavy atom. The molecule has 0 bridgehead atoms. The number of ether oxygens (including phenoxy) is 2. The average molecular weight is 458 g/mol. The van der Waals surface area contributed by atoms with Crippen LogP contribution in [-0.2, 0) is 19.9 Å². The van der Waals surface area contributed by atoms with Crippen LogP contribution in [-0.4, -0.2) is 19.1 Å². The van der Waals surface area contributed by atoms with Crippen LogP contribution in [0.15, 0.2) is 42.5 Å². The van der Waals surface area contributed by atoms with E-state index in [1.807, 2.05) is 43.3 Å². The van der Waals surface area contributed by atoms with Gasteiger partial charge in [-0.25, -0.2) is 4.79 Å². The van der Waals surface area contributed by atoms with Crippen molar-refractivity contribution in [2.45, 2.75) is 116 Å². The molecule has 3 nitrogen and oxygen atoms in total. The van der Waals surface area contributed by atoms with Crippen LogP contribution < -0.4 is 0 Å². The van der Waals surface area contributed by atoms with E-state index in [0.717, 1.165) is 30.0 Å². The number of rotatable bonds is 17. The predicted molar refractivity (Wildman–Crippen MR) is 140 cm³/mol. The van der Waals surface area contributed by atoms with E-state index >= 15 is 0 Å². The van der Waals surface area contributed by atoms with Crippen molar-refractivity contribution in [3.05, 3.63) is 48.0 Å². The summed E-state index contributed by atoms with van der Waals surface area (Å²) < 4.78 is 34.2. The maximum Gasteiger partial charge on any atom is 0.343 e. The zero-order chi connectivity index (χ0) is 26.4. The predicted octanol–water partition coefficient (Wildman–Crippen LogP) is 8.72. The fourth-order valence-electron chi connectivity index (χ4n) is 4.47. The highest BCUT2D eigenvalue weighted by Crippen LogP contribution is 2.33. The molecule has 0 aromatic heterocycles. The molecule has 0 N–H and O–H groups in total. The molecule has 0 saturated carbocycles. The number of carbonyl (C=O) groups excluding carboxylic acids is 1. The van der Waals surface area contributed by atoms with Gasteiger partial charge in [0.15, 0.2) is 5.60 Å². The summed E-state index contributed by atoms with van der Waals surface area (Å²) in [6.45, 7) is 5.62. The van der Waals surface area contributed by atoms with Crippen molar-refractivity contribution in [3.8, 4) is 0 Å². The topological polar surface area (TPSA) is 35.5 Å². The molecule has 33 heavy (non-hydrogen) atoms. The molecule has 0 fully saturated rings. The Balaban J connectivity index is 1.82. The van der Waals surface area contributed by atoms with Crippen molar-refractivity contribution in [2.24, 2.45) is 0 Å². The van der Waals surface area contributed by atoms with Crippen LogP contribution in [0, 0.1) is 0 Å². The Kier molecular flexibility index (Phi) is 10.5. The van der Waals surface area contributed by atoms with Crippen molar-refractivity contribution in [3.63, 3.8) is 0 Å². The van der Waals surface area contributed by atoms with E-state index in [1.54, 1.807) is 6.07 Å². The molecule has 184 valence electrons. The Labute approximate surface area is 206 Å². The van der Waals surface area contributed by atoms with Gasteiger partial charge >= 0.3 is 5.97 Å². The lowest BCUT2D eigenvalue weighted by molar-refractivity contribution is -0.173. The summed E-state index contributed by atoms with van der Waals surface area (Å²) in [7, 11) is -2.75. The molecule has 0 aliphatic heterocycles. The number of carbonyl (C=O) groups is 1. The Hall–Kier alpha value is -1.87. The van der Waals surface area contributed by atoms with Crippen LogP contribution in [0.1, 0.15) is 114 Å². The zero-order valence-corrected chi connectivity index (χ0v) is 21.0. The molecular formula is C30H46O3. The molecule has 0 amide bonds. The van der Waals surface area contributed by atoms with E-state index in [9.17, 15) is 4.79 Å². The van der Waals surface area contributed by atoms with Crippen LogP contribution in [0.4, 0.5) is 0 Å². The molecular weight excluding hydrogens is 408 g/mol. The second-order valence-electron chi connectivity index (χ2n) is 9.56. The summed E-state index contributed by atoms with van der Waals surface area (Å²) in [6, 6.07) is 13.0. The minimum Gasteiger partial charge on any atom is -0.460 e. The van der Waals surface area contributed by atoms with Gasteiger partial charge in [0.2, 0.25) is 0 Å². The van der Waals surface area contributed by atoms with Gasteiger partial charge in [-0.1, -0.05) is 120 Å². The van der Waals surface area contributed by atoms with Gasteiger partial charge in [0.25, 0.3) is 0 Å². The van der Waals surface area contributed by atoms with E-state index in [-0.39, 0.29) is 6.10 Å². The number of hydrogen-bond donors (Lipinski definition) is 0. The van der Waals surface area contributed by atoms with Gasteiger partial charge in [-0.3, -0.25) is 0 Å². The Morgan fingerprint density at radius 2 is 1.45 bits per heavy atom. The largest absolute Gasteiger partial charge is 0.460 e. The van der Waals surface area contributed by atoms with Gasteiger partial charge in [-0.2, -0.15) is 0 Å². The van der Waals surface area contributed by atoms with Gasteiger partial charge in [0.05, 0.1) is 10.2 Å². The second-order valence-corrected chi connectivity index (χ2v) is 9.56. The number of esters is 1. The molecule has 0 aliphatic carbocycles. The molecule has 2 aromatic carbocycles. The molecule has 2 rings (SSSR count). The van der Waals surface area contributed by atoms with Crippen LogP contribution in [0.5, 0.6) is 0 Å². The van der Waals surface area contributed by atoms with E-state index in [2.05, 4.69) is 6.92 Å². The van der Waals surface area contributed by atoms with Gasteiger partial charge in [-0.15, -0.1) is 0 Å². The van der Waals surface area contributed by atoms with Gasteiger partial charge < -0.3 is 9.47 Å². The molecule has 0 saturated heterocycles. The van der Waals surface area contributed by atoms with Crippen LogP contribution in [0.2, 0.25) is 0 Å². The number of hydrogen-bond acceptors (Lipinski definition) is 3. The minimum atomic E-state index is -2.75. The first-order valence-electron chi connectivity index (χ1n) is 14.6. The summed E-state index contributed by atoms with van der Waals surface area (Å²) >= 11 is 0. The number of methoxy groups -OCH3 is 1. The maximum absolute atomic E-state index is 13.3. The van der Waals surface area contributed by atoms with Crippen LogP contribution in [0.25, 0.3) is 10.8 Å². The van der Waals surface area contributed by atoms with Gasteiger partial charge in [-0.05, 0) is 37.5 Å². The quantitative estimate of drug-likeness (QED) is 0.176. The Bertz CT molecular complexity index is 906. The van der Waals surface area contributed by atoms with Gasteiger partial charge in [0.1, 0.15) is 0 Å². The number of fused-ring (bicyclic) bond motifs is 1. The average Bonchev–Trinajstić information content (AvgIpc) is 2.83. The first-order chi connectivity index (χ1) is 17.2. The normalized spacial score (nSPS) is 15.9. The fourth-order valence-corrected chi connectivity index (χ4v) is 4.47. The third-order valence-corrected chi connectivity index (χ3v) is 6.67. The third-order valence-electron chi connectivity index (χ3n) is 6.67. The summed E-state index contributed by atoms with van der Waals surface area (Å²) in [6.07, 6.45) is 15.8. The summed E-state index contributed by atoms with van der Waals surface area (Å²) in [5, 5.41) is 1.69. The third kappa shape index (κ3) is 8.77. The molecule has 0 aliphatic rings.